The summed E-state index contributed by atoms with van der Waals surface area (Å²) in [5.74, 6) is 6.29. The van der Waals surface area contributed by atoms with Crippen LogP contribution < -0.4 is 0 Å². The van der Waals surface area contributed by atoms with Gasteiger partial charge in [-0.25, -0.2) is 19.5 Å². The zero-order valence-electron chi connectivity index (χ0n) is 7.89. The first-order valence-corrected chi connectivity index (χ1v) is 4.35. The molecule has 6 heteroatoms. The number of aromatic nitrogens is 6. The first-order valence-electron chi connectivity index (χ1n) is 4.35. The van der Waals surface area contributed by atoms with Gasteiger partial charge in [0.25, 0.3) is 5.78 Å². The van der Waals surface area contributed by atoms with E-state index in [1.54, 1.807) is 17.8 Å². The molecular formula is C9H6N6. The van der Waals surface area contributed by atoms with Crippen LogP contribution in [0.5, 0.6) is 0 Å². The zero-order chi connectivity index (χ0) is 10.3. The lowest BCUT2D eigenvalue weighted by atomic mass is 10.3. The summed E-state index contributed by atoms with van der Waals surface area (Å²) >= 11 is 0. The van der Waals surface area contributed by atoms with E-state index in [4.69, 9.17) is 0 Å². The lowest BCUT2D eigenvalue weighted by molar-refractivity contribution is 0.998. The van der Waals surface area contributed by atoms with Gasteiger partial charge in [0, 0.05) is 0 Å². The lowest BCUT2D eigenvalue weighted by Crippen LogP contribution is -1.91. The molecule has 3 aromatic heterocycles. The van der Waals surface area contributed by atoms with Crippen molar-refractivity contribution in [3.63, 3.8) is 0 Å². The Morgan fingerprint density at radius 2 is 2.27 bits per heavy atom. The van der Waals surface area contributed by atoms with E-state index in [9.17, 15) is 0 Å². The van der Waals surface area contributed by atoms with Gasteiger partial charge in [0.05, 0.1) is 0 Å². The van der Waals surface area contributed by atoms with E-state index in [0.717, 1.165) is 5.52 Å². The fourth-order valence-electron chi connectivity index (χ4n) is 1.47. The Morgan fingerprint density at radius 3 is 3.13 bits per heavy atom. The number of fused-ring (bicyclic) bond motifs is 3. The fraction of sp³-hybridized carbons (Fsp3) is 0.111. The molecule has 3 heterocycles. The fourth-order valence-corrected chi connectivity index (χ4v) is 1.47. The second kappa shape index (κ2) is 2.78. The van der Waals surface area contributed by atoms with Crippen LogP contribution in [0.15, 0.2) is 12.7 Å². The number of nitrogens with one attached hydrogen (secondary N) is 1. The van der Waals surface area contributed by atoms with Gasteiger partial charge in [-0.3, -0.25) is 5.10 Å². The third-order valence-corrected chi connectivity index (χ3v) is 2.04. The van der Waals surface area contributed by atoms with Crippen LogP contribution in [-0.2, 0) is 0 Å². The Morgan fingerprint density at radius 1 is 1.33 bits per heavy atom. The van der Waals surface area contributed by atoms with Crippen LogP contribution in [0.4, 0.5) is 0 Å². The molecule has 72 valence electrons. The number of hydrogen-bond donors (Lipinski definition) is 1. The summed E-state index contributed by atoms with van der Waals surface area (Å²) in [5.41, 5.74) is 2.01. The van der Waals surface area contributed by atoms with Gasteiger partial charge in [-0.15, -0.1) is 0 Å². The van der Waals surface area contributed by atoms with Crippen LogP contribution in [0.25, 0.3) is 16.9 Å². The molecule has 15 heavy (non-hydrogen) atoms. The highest BCUT2D eigenvalue weighted by molar-refractivity contribution is 5.79. The molecule has 0 spiro atoms. The summed E-state index contributed by atoms with van der Waals surface area (Å²) in [7, 11) is 0. The summed E-state index contributed by atoms with van der Waals surface area (Å²) in [5, 5.41) is 2.94. The highest BCUT2D eigenvalue weighted by atomic mass is 15.3. The van der Waals surface area contributed by atoms with Crippen LogP contribution in [-0.4, -0.2) is 29.5 Å². The maximum absolute atomic E-state index is 4.22. The second-order valence-corrected chi connectivity index (χ2v) is 2.90. The van der Waals surface area contributed by atoms with Gasteiger partial charge in [0.15, 0.2) is 5.65 Å². The molecule has 0 aliphatic heterocycles. The highest BCUT2D eigenvalue weighted by Gasteiger charge is 2.10. The van der Waals surface area contributed by atoms with Crippen LogP contribution >= 0.6 is 0 Å². The topological polar surface area (TPSA) is 71.8 Å². The second-order valence-electron chi connectivity index (χ2n) is 2.90. The molecule has 0 radical (unpaired) electrons. The van der Waals surface area contributed by atoms with Crippen LogP contribution in [0, 0.1) is 11.8 Å². The van der Waals surface area contributed by atoms with Crippen molar-refractivity contribution < 1.29 is 0 Å². The van der Waals surface area contributed by atoms with Crippen molar-refractivity contribution in [2.75, 3.05) is 0 Å². The van der Waals surface area contributed by atoms with Crippen molar-refractivity contribution in [2.24, 2.45) is 0 Å². The number of rotatable bonds is 0. The molecule has 0 aliphatic rings. The number of aromatic amines is 1. The monoisotopic (exact) mass is 198 g/mol. The molecule has 0 bridgehead atoms. The molecular weight excluding hydrogens is 192 g/mol. The predicted octanol–water partition coefficient (Wildman–Crippen LogP) is 0.372. The van der Waals surface area contributed by atoms with Crippen molar-refractivity contribution >= 4 is 16.9 Å². The Hall–Kier alpha value is -2.42. The third kappa shape index (κ3) is 1.00. The maximum Gasteiger partial charge on any atom is 0.253 e. The summed E-state index contributed by atoms with van der Waals surface area (Å²) in [6.45, 7) is 1.76. The predicted molar refractivity (Wildman–Crippen MR) is 53.0 cm³/mol. The third-order valence-electron chi connectivity index (χ3n) is 2.04. The van der Waals surface area contributed by atoms with Gasteiger partial charge in [-0.05, 0) is 12.8 Å². The average molecular weight is 198 g/mol. The molecule has 0 unspecified atom stereocenters. The van der Waals surface area contributed by atoms with E-state index >= 15 is 0 Å². The molecule has 0 saturated heterocycles. The SMILES string of the molecule is CC#Cc1ncnc2nc3nc[nH]n3c12. The van der Waals surface area contributed by atoms with E-state index in [0.29, 0.717) is 17.1 Å². The summed E-state index contributed by atoms with van der Waals surface area (Å²) < 4.78 is 1.72. The Balaban J connectivity index is 2.56. The van der Waals surface area contributed by atoms with E-state index < -0.39 is 0 Å². The van der Waals surface area contributed by atoms with Crippen LogP contribution in [0.2, 0.25) is 0 Å². The summed E-state index contributed by atoms with van der Waals surface area (Å²) in [4.78, 5) is 16.4. The number of hydrogen-bond acceptors (Lipinski definition) is 4. The molecule has 0 amide bonds. The minimum absolute atomic E-state index is 0.574. The minimum Gasteiger partial charge on any atom is -0.280 e. The van der Waals surface area contributed by atoms with Crippen molar-refractivity contribution in [1.82, 2.24) is 29.5 Å². The molecule has 0 saturated carbocycles. The highest BCUT2D eigenvalue weighted by Crippen LogP contribution is 2.13. The first kappa shape index (κ1) is 7.94. The number of nitrogens with zero attached hydrogens (tertiary/aromatic N) is 5. The molecule has 3 rings (SSSR count). The van der Waals surface area contributed by atoms with Gasteiger partial charge >= 0.3 is 0 Å². The first-order chi connectivity index (χ1) is 7.40. The number of imidazole rings is 1. The van der Waals surface area contributed by atoms with E-state index in [1.807, 2.05) is 0 Å². The molecule has 0 aliphatic carbocycles. The lowest BCUT2D eigenvalue weighted by Gasteiger charge is -1.92. The summed E-state index contributed by atoms with van der Waals surface area (Å²) in [6.07, 6.45) is 3.02. The summed E-state index contributed by atoms with van der Waals surface area (Å²) in [6, 6.07) is 0. The van der Waals surface area contributed by atoms with Crippen molar-refractivity contribution in [1.29, 1.82) is 0 Å². The molecule has 3 aromatic rings. The quantitative estimate of drug-likeness (QED) is 0.530. The zero-order valence-corrected chi connectivity index (χ0v) is 7.89. The number of H-pyrrole nitrogens is 1. The van der Waals surface area contributed by atoms with Crippen LogP contribution in [0.3, 0.4) is 0 Å². The standard InChI is InChI=1S/C9H6N6/c1-2-3-6-7-8(11-4-10-6)14-9-12-5-13-15(7)9/h4-5H,1H3,(H,10,11,12,13,14). The smallest absolute Gasteiger partial charge is 0.253 e. The normalized spacial score (nSPS) is 10.5. The van der Waals surface area contributed by atoms with E-state index in [-0.39, 0.29) is 0 Å². The molecule has 0 aromatic carbocycles. The van der Waals surface area contributed by atoms with Crippen molar-refractivity contribution in [3.05, 3.63) is 18.3 Å². The molecule has 6 nitrogen and oxygen atoms in total. The molecule has 0 atom stereocenters. The van der Waals surface area contributed by atoms with Crippen molar-refractivity contribution in [3.8, 4) is 11.8 Å². The average Bonchev–Trinajstić information content (AvgIpc) is 2.77. The minimum atomic E-state index is 0.574. The van der Waals surface area contributed by atoms with Gasteiger partial charge in [0.1, 0.15) is 23.9 Å². The van der Waals surface area contributed by atoms with Crippen LogP contribution in [0.1, 0.15) is 12.6 Å². The Bertz CT molecular complexity index is 695. The largest absolute Gasteiger partial charge is 0.280 e. The van der Waals surface area contributed by atoms with Gasteiger partial charge in [0.2, 0.25) is 0 Å². The van der Waals surface area contributed by atoms with Gasteiger partial charge in [-0.2, -0.15) is 4.98 Å². The Labute approximate surface area is 84.4 Å². The van der Waals surface area contributed by atoms with E-state index in [1.165, 1.54) is 6.33 Å². The van der Waals surface area contributed by atoms with Crippen molar-refractivity contribution in [2.45, 2.75) is 6.92 Å². The van der Waals surface area contributed by atoms with Gasteiger partial charge in [-0.1, -0.05) is 5.92 Å². The van der Waals surface area contributed by atoms with Gasteiger partial charge < -0.3 is 0 Å². The van der Waals surface area contributed by atoms with E-state index in [2.05, 4.69) is 36.9 Å². The maximum atomic E-state index is 4.22. The molecule has 1 N–H and O–H groups in total. The molecule has 0 fully saturated rings. The Kier molecular flexibility index (Phi) is 1.47.